The zero-order chi connectivity index (χ0) is 19.8. The van der Waals surface area contributed by atoms with Crippen LogP contribution < -0.4 is 5.01 Å². The van der Waals surface area contributed by atoms with E-state index in [9.17, 15) is 0 Å². The van der Waals surface area contributed by atoms with Gasteiger partial charge in [-0.3, -0.25) is 0 Å². The number of hydrogen-bond donors (Lipinski definition) is 0. The van der Waals surface area contributed by atoms with Gasteiger partial charge in [0.15, 0.2) is 0 Å². The minimum atomic E-state index is -0.0216. The van der Waals surface area contributed by atoms with Crippen molar-refractivity contribution in [1.82, 2.24) is 4.98 Å². The van der Waals surface area contributed by atoms with Crippen LogP contribution in [0.1, 0.15) is 22.9 Å². The maximum Gasteiger partial charge on any atom is 0.207 e. The van der Waals surface area contributed by atoms with Gasteiger partial charge in [-0.25, -0.2) is 9.99 Å². The summed E-state index contributed by atoms with van der Waals surface area (Å²) in [5.41, 5.74) is 4.10. The van der Waals surface area contributed by atoms with Crippen molar-refractivity contribution in [3.05, 3.63) is 91.9 Å². The van der Waals surface area contributed by atoms with Gasteiger partial charge in [-0.2, -0.15) is 5.10 Å². The first-order chi connectivity index (χ1) is 14.2. The highest BCUT2D eigenvalue weighted by molar-refractivity contribution is 7.14. The molecule has 0 saturated heterocycles. The number of rotatable bonds is 4. The molecule has 0 fully saturated rings. The Morgan fingerprint density at radius 2 is 1.83 bits per heavy atom. The predicted octanol–water partition coefficient (Wildman–Crippen LogP) is 7.53. The van der Waals surface area contributed by atoms with Gasteiger partial charge < -0.3 is 0 Å². The molecule has 1 unspecified atom stereocenters. The van der Waals surface area contributed by atoms with Gasteiger partial charge in [-0.1, -0.05) is 65.7 Å². The molecule has 29 heavy (non-hydrogen) atoms. The van der Waals surface area contributed by atoms with Gasteiger partial charge in [-0.15, -0.1) is 22.7 Å². The highest BCUT2D eigenvalue weighted by Crippen LogP contribution is 2.42. The van der Waals surface area contributed by atoms with Crippen molar-refractivity contribution in [2.45, 2.75) is 12.5 Å². The quantitative estimate of drug-likeness (QED) is 0.317. The molecule has 1 atom stereocenters. The summed E-state index contributed by atoms with van der Waals surface area (Å²) in [4.78, 5) is 6.04. The van der Waals surface area contributed by atoms with Crippen molar-refractivity contribution in [3.63, 3.8) is 0 Å². The van der Waals surface area contributed by atoms with Gasteiger partial charge >= 0.3 is 0 Å². The van der Waals surface area contributed by atoms with Crippen LogP contribution in [0.2, 0.25) is 10.0 Å². The molecule has 7 heteroatoms. The number of aromatic nitrogens is 1. The van der Waals surface area contributed by atoms with Gasteiger partial charge in [-0.05, 0) is 29.1 Å². The molecule has 3 heterocycles. The van der Waals surface area contributed by atoms with E-state index in [-0.39, 0.29) is 6.04 Å². The first-order valence-electron chi connectivity index (χ1n) is 9.05. The topological polar surface area (TPSA) is 28.5 Å². The summed E-state index contributed by atoms with van der Waals surface area (Å²) in [6.07, 6.45) is 0.766. The van der Waals surface area contributed by atoms with E-state index >= 15 is 0 Å². The van der Waals surface area contributed by atoms with Crippen molar-refractivity contribution in [1.29, 1.82) is 0 Å². The van der Waals surface area contributed by atoms with Crippen LogP contribution >= 0.6 is 45.9 Å². The molecular formula is C22H15Cl2N3S2. The third kappa shape index (κ3) is 3.71. The number of nitrogens with zero attached hydrogens (tertiary/aromatic N) is 3. The summed E-state index contributed by atoms with van der Waals surface area (Å²) >= 11 is 16.0. The molecule has 0 amide bonds. The van der Waals surface area contributed by atoms with E-state index < -0.39 is 0 Å². The summed E-state index contributed by atoms with van der Waals surface area (Å²) in [7, 11) is 0. The molecule has 0 saturated carbocycles. The Morgan fingerprint density at radius 1 is 0.966 bits per heavy atom. The average molecular weight is 456 g/mol. The van der Waals surface area contributed by atoms with E-state index in [0.29, 0.717) is 10.0 Å². The lowest BCUT2D eigenvalue weighted by molar-refractivity contribution is 0.707. The van der Waals surface area contributed by atoms with Gasteiger partial charge in [0.05, 0.1) is 22.3 Å². The Hall–Kier alpha value is -2.18. The number of halogens is 2. The molecule has 0 spiro atoms. The van der Waals surface area contributed by atoms with E-state index in [1.54, 1.807) is 28.7 Å². The summed E-state index contributed by atoms with van der Waals surface area (Å²) in [5, 5.41) is 13.2. The van der Waals surface area contributed by atoms with Crippen LogP contribution in [0.25, 0.3) is 11.3 Å². The van der Waals surface area contributed by atoms with Crippen molar-refractivity contribution >= 4 is 56.7 Å². The first kappa shape index (κ1) is 18.8. The van der Waals surface area contributed by atoms with Crippen molar-refractivity contribution in [3.8, 4) is 11.3 Å². The minimum absolute atomic E-state index is 0.0216. The van der Waals surface area contributed by atoms with Crippen LogP contribution in [-0.4, -0.2) is 10.7 Å². The smallest absolute Gasteiger partial charge is 0.207 e. The number of anilines is 1. The molecule has 1 aliphatic heterocycles. The molecular weight excluding hydrogens is 441 g/mol. The van der Waals surface area contributed by atoms with Crippen LogP contribution in [0.15, 0.2) is 76.5 Å². The number of thiophene rings is 1. The Bertz CT molecular complexity index is 1170. The number of hydrazone groups is 1. The normalized spacial score (nSPS) is 16.3. The van der Waals surface area contributed by atoms with Crippen LogP contribution in [0.5, 0.6) is 0 Å². The lowest BCUT2D eigenvalue weighted by Gasteiger charge is -2.22. The van der Waals surface area contributed by atoms with Crippen molar-refractivity contribution < 1.29 is 0 Å². The lowest BCUT2D eigenvalue weighted by atomic mass is 10.0. The van der Waals surface area contributed by atoms with E-state index in [1.165, 1.54) is 4.88 Å². The summed E-state index contributed by atoms with van der Waals surface area (Å²) in [6, 6.07) is 20.0. The molecule has 0 N–H and O–H groups in total. The largest absolute Gasteiger partial charge is 0.231 e. The third-order valence-corrected chi connectivity index (χ3v) is 7.11. The molecule has 4 aromatic rings. The van der Waals surface area contributed by atoms with Gasteiger partial charge in [0.1, 0.15) is 0 Å². The summed E-state index contributed by atoms with van der Waals surface area (Å²) in [6.45, 7) is 0. The predicted molar refractivity (Wildman–Crippen MR) is 125 cm³/mol. The van der Waals surface area contributed by atoms with Crippen molar-refractivity contribution in [2.24, 2.45) is 5.10 Å². The molecule has 0 aliphatic carbocycles. The number of hydrogen-bond acceptors (Lipinski definition) is 5. The molecule has 5 rings (SSSR count). The Labute approximate surface area is 186 Å². The Balaban J connectivity index is 1.56. The molecule has 0 radical (unpaired) electrons. The zero-order valence-electron chi connectivity index (χ0n) is 15.1. The van der Waals surface area contributed by atoms with Gasteiger partial charge in [0, 0.05) is 27.4 Å². The SMILES string of the molecule is Clc1ccc(C2CC(c3cccs3)=NN2c2nc(-c3ccccc3)cs2)c(Cl)c1. The first-order valence-corrected chi connectivity index (χ1v) is 11.6. The Morgan fingerprint density at radius 3 is 2.59 bits per heavy atom. The molecule has 0 bridgehead atoms. The average Bonchev–Trinajstić information content (AvgIpc) is 3.48. The second kappa shape index (κ2) is 7.92. The molecule has 144 valence electrons. The fourth-order valence-electron chi connectivity index (χ4n) is 3.40. The van der Waals surface area contributed by atoms with E-state index in [1.807, 2.05) is 41.4 Å². The summed E-state index contributed by atoms with van der Waals surface area (Å²) in [5.74, 6) is 0. The number of thiazole rings is 1. The maximum absolute atomic E-state index is 6.56. The van der Waals surface area contributed by atoms with E-state index in [2.05, 4.69) is 29.0 Å². The fourth-order valence-corrected chi connectivity index (χ4v) is 5.49. The zero-order valence-corrected chi connectivity index (χ0v) is 18.3. The summed E-state index contributed by atoms with van der Waals surface area (Å²) < 4.78 is 0. The maximum atomic E-state index is 6.56. The van der Waals surface area contributed by atoms with Crippen LogP contribution in [0.4, 0.5) is 5.13 Å². The second-order valence-electron chi connectivity index (χ2n) is 6.64. The van der Waals surface area contributed by atoms with Crippen LogP contribution in [0.3, 0.4) is 0 Å². The molecule has 2 aromatic heterocycles. The van der Waals surface area contributed by atoms with E-state index in [0.717, 1.165) is 34.1 Å². The van der Waals surface area contributed by atoms with Crippen LogP contribution in [-0.2, 0) is 0 Å². The monoisotopic (exact) mass is 455 g/mol. The third-order valence-electron chi connectivity index (χ3n) is 4.80. The van der Waals surface area contributed by atoms with Crippen molar-refractivity contribution in [2.75, 3.05) is 5.01 Å². The van der Waals surface area contributed by atoms with Crippen LogP contribution in [0, 0.1) is 0 Å². The highest BCUT2D eigenvalue weighted by atomic mass is 35.5. The van der Waals surface area contributed by atoms with Gasteiger partial charge in [0.2, 0.25) is 5.13 Å². The Kier molecular flexibility index (Phi) is 5.14. The standard InChI is InChI=1S/C22H15Cl2N3S2/c23-15-8-9-16(17(24)11-15)20-12-18(21-7-4-10-28-21)26-27(20)22-25-19(13-29-22)14-5-2-1-3-6-14/h1-11,13,20H,12H2. The second-order valence-corrected chi connectivity index (χ2v) is 9.26. The minimum Gasteiger partial charge on any atom is -0.231 e. The van der Waals surface area contributed by atoms with Gasteiger partial charge in [0.25, 0.3) is 0 Å². The highest BCUT2D eigenvalue weighted by Gasteiger charge is 2.33. The molecule has 1 aliphatic rings. The fraction of sp³-hybridized carbons (Fsp3) is 0.0909. The lowest BCUT2D eigenvalue weighted by Crippen LogP contribution is -2.18. The molecule has 2 aromatic carbocycles. The van der Waals surface area contributed by atoms with E-state index in [4.69, 9.17) is 33.3 Å². The molecule has 3 nitrogen and oxygen atoms in total. The number of benzene rings is 2.